The lowest BCUT2D eigenvalue weighted by Crippen LogP contribution is -2.13. The third-order valence-corrected chi connectivity index (χ3v) is 4.84. The summed E-state index contributed by atoms with van der Waals surface area (Å²) < 4.78 is 25.2. The quantitative estimate of drug-likeness (QED) is 0.652. The van der Waals surface area contributed by atoms with Gasteiger partial charge in [0.05, 0.1) is 20.9 Å². The van der Waals surface area contributed by atoms with Gasteiger partial charge in [-0.15, -0.1) is 0 Å². The Hall–Kier alpha value is -3.07. The summed E-state index contributed by atoms with van der Waals surface area (Å²) in [6.45, 7) is 0. The highest BCUT2D eigenvalue weighted by Gasteiger charge is 2.29. The molecule has 23 heavy (non-hydrogen) atoms. The van der Waals surface area contributed by atoms with Gasteiger partial charge in [0.25, 0.3) is 0 Å². The van der Waals surface area contributed by atoms with E-state index in [4.69, 9.17) is 10.2 Å². The molecule has 0 bridgehead atoms. The number of phenolic OH excluding ortho intramolecular Hbond substituents is 2. The summed E-state index contributed by atoms with van der Waals surface area (Å²) in [5, 5.41) is 36.8. The van der Waals surface area contributed by atoms with E-state index in [0.717, 1.165) is 36.4 Å². The average molecular weight is 338 g/mol. The number of rotatable bonds is 4. The van der Waals surface area contributed by atoms with Crippen LogP contribution >= 0.6 is 0 Å². The number of carboxylic acids is 2. The van der Waals surface area contributed by atoms with Crippen LogP contribution in [0.3, 0.4) is 0 Å². The number of sulfone groups is 1. The first-order valence-corrected chi connectivity index (χ1v) is 7.50. The number of carboxylic acid groups (broad SMARTS) is 2. The molecule has 2 aromatic carbocycles. The second kappa shape index (κ2) is 5.61. The molecule has 0 atom stereocenters. The molecule has 0 heterocycles. The van der Waals surface area contributed by atoms with Crippen LogP contribution in [0.5, 0.6) is 11.5 Å². The maximum absolute atomic E-state index is 12.6. The van der Waals surface area contributed by atoms with E-state index in [0.29, 0.717) is 0 Å². The molecule has 9 heteroatoms. The summed E-state index contributed by atoms with van der Waals surface area (Å²) in [5.41, 5.74) is -1.40. The first-order chi connectivity index (χ1) is 10.6. The minimum atomic E-state index is -4.51. The molecule has 0 fully saturated rings. The molecule has 0 unspecified atom stereocenters. The van der Waals surface area contributed by atoms with Crippen molar-refractivity contribution in [3.63, 3.8) is 0 Å². The molecular formula is C14H10O8S. The van der Waals surface area contributed by atoms with E-state index in [1.54, 1.807) is 0 Å². The fourth-order valence-electron chi connectivity index (χ4n) is 1.96. The summed E-state index contributed by atoms with van der Waals surface area (Å²) in [4.78, 5) is 21.0. The highest BCUT2D eigenvalue weighted by atomic mass is 32.2. The van der Waals surface area contributed by atoms with Crippen molar-refractivity contribution >= 4 is 21.8 Å². The van der Waals surface area contributed by atoms with Crippen LogP contribution in [0.25, 0.3) is 0 Å². The van der Waals surface area contributed by atoms with Crippen molar-refractivity contribution in [1.82, 2.24) is 0 Å². The molecule has 0 aliphatic carbocycles. The van der Waals surface area contributed by atoms with Gasteiger partial charge in [-0.2, -0.15) is 0 Å². The van der Waals surface area contributed by atoms with Crippen LogP contribution in [0, 0.1) is 0 Å². The van der Waals surface area contributed by atoms with E-state index in [2.05, 4.69) is 0 Å². The van der Waals surface area contributed by atoms with E-state index >= 15 is 0 Å². The molecule has 4 N–H and O–H groups in total. The lowest BCUT2D eigenvalue weighted by atomic mass is 10.2. The summed E-state index contributed by atoms with van der Waals surface area (Å²) in [6, 6.07) is 5.17. The van der Waals surface area contributed by atoms with Crippen molar-refractivity contribution in [3.8, 4) is 11.5 Å². The lowest BCUT2D eigenvalue weighted by molar-refractivity contribution is 0.0683. The Labute approximate surface area is 129 Å². The van der Waals surface area contributed by atoms with Gasteiger partial charge in [0.15, 0.2) is 0 Å². The molecule has 2 rings (SSSR count). The fourth-order valence-corrected chi connectivity index (χ4v) is 3.56. The standard InChI is InChI=1S/C14H10O8S/c15-7-1-3-11(9(5-7)13(17)18)23(21,22)12-4-2-8(16)6-10(12)14(19)20/h1-6,15-16H,(H,17,18)(H,19,20). The second-order valence-corrected chi connectivity index (χ2v) is 6.36. The van der Waals surface area contributed by atoms with Gasteiger partial charge in [-0.1, -0.05) is 0 Å². The van der Waals surface area contributed by atoms with Crippen LogP contribution in [0.4, 0.5) is 0 Å². The smallest absolute Gasteiger partial charge is 0.337 e. The molecule has 0 saturated heterocycles. The third-order valence-electron chi connectivity index (χ3n) is 2.97. The first-order valence-electron chi connectivity index (χ1n) is 6.02. The largest absolute Gasteiger partial charge is 0.508 e. The predicted molar refractivity (Wildman–Crippen MR) is 75.6 cm³/mol. The number of hydrogen-bond acceptors (Lipinski definition) is 6. The van der Waals surface area contributed by atoms with Crippen LogP contribution in [-0.4, -0.2) is 40.8 Å². The minimum Gasteiger partial charge on any atom is -0.508 e. The Bertz CT molecular complexity index is 845. The molecule has 0 radical (unpaired) electrons. The van der Waals surface area contributed by atoms with E-state index in [1.165, 1.54) is 0 Å². The summed E-state index contributed by atoms with van der Waals surface area (Å²) in [7, 11) is -4.51. The Kier molecular flexibility index (Phi) is 3.98. The van der Waals surface area contributed by atoms with E-state index < -0.39 is 54.2 Å². The Balaban J connectivity index is 2.79. The zero-order chi connectivity index (χ0) is 17.4. The molecule has 120 valence electrons. The highest BCUT2D eigenvalue weighted by Crippen LogP contribution is 2.30. The highest BCUT2D eigenvalue weighted by molar-refractivity contribution is 7.91. The number of phenols is 2. The zero-order valence-corrected chi connectivity index (χ0v) is 12.1. The second-order valence-electron chi connectivity index (χ2n) is 4.47. The third kappa shape index (κ3) is 2.94. The minimum absolute atomic E-state index is 0.453. The maximum Gasteiger partial charge on any atom is 0.337 e. The van der Waals surface area contributed by atoms with Gasteiger partial charge in [-0.25, -0.2) is 18.0 Å². The van der Waals surface area contributed by atoms with Crippen LogP contribution in [0.2, 0.25) is 0 Å². The summed E-state index contributed by atoms with van der Waals surface area (Å²) >= 11 is 0. The average Bonchev–Trinajstić information content (AvgIpc) is 2.46. The van der Waals surface area contributed by atoms with E-state index in [-0.39, 0.29) is 0 Å². The fraction of sp³-hybridized carbons (Fsp3) is 0. The van der Waals surface area contributed by atoms with Crippen molar-refractivity contribution in [1.29, 1.82) is 0 Å². The van der Waals surface area contributed by atoms with Crippen molar-refractivity contribution in [2.45, 2.75) is 9.79 Å². The topological polar surface area (TPSA) is 149 Å². The van der Waals surface area contributed by atoms with Gasteiger partial charge in [0.2, 0.25) is 9.84 Å². The first kappa shape index (κ1) is 16.3. The Morgan fingerprint density at radius 1 is 0.739 bits per heavy atom. The van der Waals surface area contributed by atoms with Crippen LogP contribution in [0.1, 0.15) is 20.7 Å². The maximum atomic E-state index is 12.6. The number of aromatic carboxylic acids is 2. The molecule has 0 spiro atoms. The van der Waals surface area contributed by atoms with Crippen LogP contribution in [-0.2, 0) is 9.84 Å². The van der Waals surface area contributed by atoms with Gasteiger partial charge in [-0.3, -0.25) is 0 Å². The number of benzene rings is 2. The number of carbonyl (C=O) groups is 2. The van der Waals surface area contributed by atoms with Gasteiger partial charge in [0, 0.05) is 0 Å². The Morgan fingerprint density at radius 3 is 1.39 bits per heavy atom. The summed E-state index contributed by atoms with van der Waals surface area (Å²) in [6.07, 6.45) is 0. The normalized spacial score (nSPS) is 11.1. The Morgan fingerprint density at radius 2 is 1.09 bits per heavy atom. The van der Waals surface area contributed by atoms with Gasteiger partial charge < -0.3 is 20.4 Å². The van der Waals surface area contributed by atoms with Gasteiger partial charge >= 0.3 is 11.9 Å². The van der Waals surface area contributed by atoms with Crippen LogP contribution in [0.15, 0.2) is 46.2 Å². The molecule has 0 aliphatic heterocycles. The van der Waals surface area contributed by atoms with Crippen molar-refractivity contribution in [3.05, 3.63) is 47.5 Å². The lowest BCUT2D eigenvalue weighted by Gasteiger charge is -2.11. The van der Waals surface area contributed by atoms with Crippen molar-refractivity contribution < 1.29 is 38.4 Å². The van der Waals surface area contributed by atoms with Gasteiger partial charge in [-0.05, 0) is 36.4 Å². The molecule has 0 aromatic heterocycles. The van der Waals surface area contributed by atoms with Crippen molar-refractivity contribution in [2.75, 3.05) is 0 Å². The monoisotopic (exact) mass is 338 g/mol. The number of hydrogen-bond donors (Lipinski definition) is 4. The van der Waals surface area contributed by atoms with E-state index in [9.17, 15) is 28.2 Å². The zero-order valence-electron chi connectivity index (χ0n) is 11.3. The van der Waals surface area contributed by atoms with Crippen LogP contribution < -0.4 is 0 Å². The molecule has 0 saturated carbocycles. The van der Waals surface area contributed by atoms with E-state index in [1.807, 2.05) is 0 Å². The molecular weight excluding hydrogens is 328 g/mol. The van der Waals surface area contributed by atoms with Crippen molar-refractivity contribution in [2.24, 2.45) is 0 Å². The summed E-state index contributed by atoms with van der Waals surface area (Å²) in [5.74, 6) is -4.11. The van der Waals surface area contributed by atoms with Gasteiger partial charge in [0.1, 0.15) is 11.5 Å². The number of aromatic hydroxyl groups is 2. The SMILES string of the molecule is O=C(O)c1cc(O)ccc1S(=O)(=O)c1ccc(O)cc1C(=O)O. The molecule has 2 aromatic rings. The molecule has 8 nitrogen and oxygen atoms in total. The molecule has 0 aliphatic rings. The molecule has 0 amide bonds. The predicted octanol–water partition coefficient (Wildman–Crippen LogP) is 1.33.